The summed E-state index contributed by atoms with van der Waals surface area (Å²) in [4.78, 5) is 12.0. The largest absolute Gasteiger partial charge is 0.471 e. The molecule has 0 spiro atoms. The third kappa shape index (κ3) is 4.35. The number of carbonyl (C=O) groups excluding carboxylic acids is 1. The van der Waals surface area contributed by atoms with Crippen molar-refractivity contribution in [2.45, 2.75) is 46.9 Å². The minimum atomic E-state index is -0.153. The van der Waals surface area contributed by atoms with Gasteiger partial charge in [-0.25, -0.2) is 4.68 Å². The highest BCUT2D eigenvalue weighted by Crippen LogP contribution is 2.16. The zero-order valence-electron chi connectivity index (χ0n) is 13.6. The molecule has 0 aliphatic carbocycles. The first-order valence-electron chi connectivity index (χ1n) is 7.53. The van der Waals surface area contributed by atoms with Crippen molar-refractivity contribution in [3.05, 3.63) is 47.3 Å². The van der Waals surface area contributed by atoms with E-state index >= 15 is 0 Å². The predicted molar refractivity (Wildman–Crippen MR) is 86.0 cm³/mol. The maximum Gasteiger partial charge on any atom is 0.271 e. The minimum Gasteiger partial charge on any atom is -0.471 e. The third-order valence-electron chi connectivity index (χ3n) is 3.42. The van der Waals surface area contributed by atoms with Crippen LogP contribution in [0.4, 0.5) is 0 Å². The first-order valence-corrected chi connectivity index (χ1v) is 7.53. The van der Waals surface area contributed by atoms with E-state index in [4.69, 9.17) is 4.74 Å². The van der Waals surface area contributed by atoms with Crippen molar-refractivity contribution in [2.75, 3.05) is 0 Å². The lowest BCUT2D eigenvalue weighted by molar-refractivity contribution is 0.0932. The van der Waals surface area contributed by atoms with Crippen LogP contribution in [0.15, 0.2) is 30.5 Å². The van der Waals surface area contributed by atoms with Gasteiger partial charge in [-0.3, -0.25) is 4.79 Å². The lowest BCUT2D eigenvalue weighted by atomic mass is 10.1. The van der Waals surface area contributed by atoms with Crippen LogP contribution in [-0.4, -0.2) is 21.7 Å². The fourth-order valence-corrected chi connectivity index (χ4v) is 2.11. The molecule has 0 radical (unpaired) electrons. The summed E-state index contributed by atoms with van der Waals surface area (Å²) < 4.78 is 7.33. The topological polar surface area (TPSA) is 56.2 Å². The molecule has 5 nitrogen and oxygen atoms in total. The highest BCUT2D eigenvalue weighted by atomic mass is 16.5. The van der Waals surface area contributed by atoms with Crippen LogP contribution < -0.4 is 10.1 Å². The van der Waals surface area contributed by atoms with Crippen LogP contribution in [0.5, 0.6) is 5.75 Å². The zero-order chi connectivity index (χ0) is 16.1. The van der Waals surface area contributed by atoms with Crippen molar-refractivity contribution in [3.63, 3.8) is 0 Å². The average Bonchev–Trinajstić information content (AvgIpc) is 2.93. The first kappa shape index (κ1) is 16.1. The number of nitrogens with one attached hydrogen (secondary N) is 1. The van der Waals surface area contributed by atoms with Crippen molar-refractivity contribution >= 4 is 5.91 Å². The minimum absolute atomic E-state index is 0.143. The monoisotopic (exact) mass is 301 g/mol. The Hall–Kier alpha value is -2.30. The predicted octanol–water partition coefficient (Wildman–Crippen LogP) is 3.06. The molecule has 2 rings (SSSR count). The summed E-state index contributed by atoms with van der Waals surface area (Å²) in [6, 6.07) is 7.89. The van der Waals surface area contributed by atoms with Gasteiger partial charge in [0, 0.05) is 12.2 Å². The fourth-order valence-electron chi connectivity index (χ4n) is 2.11. The quantitative estimate of drug-likeness (QED) is 0.892. The summed E-state index contributed by atoms with van der Waals surface area (Å²) in [7, 11) is 0. The SMILES string of the molecule is CCC(C)NC(=O)c1ccn(COc2cc(C)cc(C)c2)n1. The smallest absolute Gasteiger partial charge is 0.271 e. The number of hydrogen-bond donors (Lipinski definition) is 1. The molecule has 1 heterocycles. The molecule has 22 heavy (non-hydrogen) atoms. The second-order valence-electron chi connectivity index (χ2n) is 5.62. The number of ether oxygens (including phenoxy) is 1. The van der Waals surface area contributed by atoms with E-state index in [1.54, 1.807) is 16.9 Å². The fraction of sp³-hybridized carbons (Fsp3) is 0.412. The molecule has 0 aliphatic heterocycles. The van der Waals surface area contributed by atoms with Gasteiger partial charge in [0.2, 0.25) is 0 Å². The number of aryl methyl sites for hydroxylation is 2. The number of rotatable bonds is 6. The molecule has 0 saturated heterocycles. The van der Waals surface area contributed by atoms with Crippen LogP contribution in [-0.2, 0) is 6.73 Å². The van der Waals surface area contributed by atoms with Crippen molar-refractivity contribution in [1.29, 1.82) is 0 Å². The Morgan fingerprint density at radius 1 is 1.32 bits per heavy atom. The molecule has 0 saturated carbocycles. The summed E-state index contributed by atoms with van der Waals surface area (Å²) >= 11 is 0. The van der Waals surface area contributed by atoms with Crippen molar-refractivity contribution in [3.8, 4) is 5.75 Å². The molecule has 1 N–H and O–H groups in total. The number of benzene rings is 1. The summed E-state index contributed by atoms with van der Waals surface area (Å²) in [5.74, 6) is 0.651. The lowest BCUT2D eigenvalue weighted by Gasteiger charge is -2.10. The van der Waals surface area contributed by atoms with E-state index in [1.807, 2.05) is 39.8 Å². The molecule has 1 aromatic heterocycles. The van der Waals surface area contributed by atoms with Gasteiger partial charge < -0.3 is 10.1 Å². The number of amides is 1. The van der Waals surface area contributed by atoms with E-state index < -0.39 is 0 Å². The highest BCUT2D eigenvalue weighted by molar-refractivity contribution is 5.92. The molecule has 1 unspecified atom stereocenters. The van der Waals surface area contributed by atoms with Gasteiger partial charge in [-0.1, -0.05) is 13.0 Å². The molecule has 2 aromatic rings. The van der Waals surface area contributed by atoms with Gasteiger partial charge in [-0.15, -0.1) is 0 Å². The number of aromatic nitrogens is 2. The summed E-state index contributed by atoms with van der Waals surface area (Å²) in [6.45, 7) is 8.34. The van der Waals surface area contributed by atoms with Crippen LogP contribution >= 0.6 is 0 Å². The van der Waals surface area contributed by atoms with Gasteiger partial charge >= 0.3 is 0 Å². The van der Waals surface area contributed by atoms with Crippen molar-refractivity contribution < 1.29 is 9.53 Å². The van der Waals surface area contributed by atoms with Crippen molar-refractivity contribution in [1.82, 2.24) is 15.1 Å². The van der Waals surface area contributed by atoms with Gasteiger partial charge in [-0.2, -0.15) is 5.10 Å². The average molecular weight is 301 g/mol. The van der Waals surface area contributed by atoms with E-state index in [0.29, 0.717) is 5.69 Å². The second-order valence-corrected chi connectivity index (χ2v) is 5.62. The van der Waals surface area contributed by atoms with E-state index in [9.17, 15) is 4.79 Å². The van der Waals surface area contributed by atoms with Gasteiger partial charge in [-0.05, 0) is 56.5 Å². The normalized spacial score (nSPS) is 12.0. The molecule has 1 amide bonds. The van der Waals surface area contributed by atoms with Gasteiger partial charge in [0.1, 0.15) is 11.4 Å². The molecular weight excluding hydrogens is 278 g/mol. The van der Waals surface area contributed by atoms with E-state index in [0.717, 1.165) is 23.3 Å². The van der Waals surface area contributed by atoms with Gasteiger partial charge in [0.05, 0.1) is 0 Å². The summed E-state index contributed by atoms with van der Waals surface area (Å²) in [5.41, 5.74) is 2.72. The van der Waals surface area contributed by atoms with Crippen LogP contribution in [0.25, 0.3) is 0 Å². The molecule has 5 heteroatoms. The van der Waals surface area contributed by atoms with E-state index in [1.165, 1.54) is 0 Å². The van der Waals surface area contributed by atoms with E-state index in [2.05, 4.69) is 16.5 Å². The summed E-state index contributed by atoms with van der Waals surface area (Å²) in [5, 5.41) is 7.13. The first-order chi connectivity index (χ1) is 10.5. The standard InChI is InChI=1S/C17H23N3O2/c1-5-14(4)18-17(21)16-6-7-20(19-16)11-22-15-9-12(2)8-13(3)10-15/h6-10,14H,5,11H2,1-4H3,(H,18,21). The van der Waals surface area contributed by atoms with Crippen molar-refractivity contribution in [2.24, 2.45) is 0 Å². The second kappa shape index (κ2) is 7.11. The molecule has 0 bridgehead atoms. The molecule has 0 aliphatic rings. The number of carbonyl (C=O) groups is 1. The summed E-state index contributed by atoms with van der Waals surface area (Å²) in [6.07, 6.45) is 2.64. The van der Waals surface area contributed by atoms with E-state index in [-0.39, 0.29) is 18.7 Å². The molecule has 118 valence electrons. The van der Waals surface area contributed by atoms with Gasteiger partial charge in [0.15, 0.2) is 6.73 Å². The lowest BCUT2D eigenvalue weighted by Crippen LogP contribution is -2.32. The Kier molecular flexibility index (Phi) is 5.20. The van der Waals surface area contributed by atoms with Gasteiger partial charge in [0.25, 0.3) is 5.91 Å². The number of nitrogens with zero attached hydrogens (tertiary/aromatic N) is 2. The zero-order valence-corrected chi connectivity index (χ0v) is 13.6. The Morgan fingerprint density at radius 2 is 2.00 bits per heavy atom. The van der Waals surface area contributed by atoms with Crippen LogP contribution in [0.2, 0.25) is 0 Å². The Bertz CT molecular complexity index is 629. The maximum atomic E-state index is 12.0. The van der Waals surface area contributed by atoms with Crippen LogP contribution in [0.1, 0.15) is 41.9 Å². The molecule has 1 aromatic carbocycles. The third-order valence-corrected chi connectivity index (χ3v) is 3.42. The Morgan fingerprint density at radius 3 is 2.64 bits per heavy atom. The molecule has 1 atom stereocenters. The molecule has 0 fully saturated rings. The van der Waals surface area contributed by atoms with Crippen LogP contribution in [0, 0.1) is 13.8 Å². The molecular formula is C17H23N3O2. The number of hydrogen-bond acceptors (Lipinski definition) is 3. The van der Waals surface area contributed by atoms with Crippen LogP contribution in [0.3, 0.4) is 0 Å². The Labute approximate surface area is 131 Å². The maximum absolute atomic E-state index is 12.0. The highest BCUT2D eigenvalue weighted by Gasteiger charge is 2.11. The Balaban J connectivity index is 1.96.